The molecule has 1 aromatic carbocycles. The van der Waals surface area contributed by atoms with Crippen LogP contribution in [-0.2, 0) is 22.6 Å². The van der Waals surface area contributed by atoms with Gasteiger partial charge in [0.15, 0.2) is 0 Å². The number of hydrogen-bond acceptors (Lipinski definition) is 4. The molecule has 2 unspecified atom stereocenters. The Hall–Kier alpha value is -2.27. The zero-order valence-electron chi connectivity index (χ0n) is 13.2. The van der Waals surface area contributed by atoms with Crippen molar-refractivity contribution in [1.82, 2.24) is 9.88 Å². The number of imide groups is 1. The standard InChI is InChI=1S/C19H18N2O2S/c22-18-15-8-4-5-9-16(15)19(23)21(18)11-14-12-24-17(20-14)10-13-6-2-1-3-7-13/h1-7,12,15-16H,8-11H2. The highest BCUT2D eigenvalue weighted by atomic mass is 32.1. The van der Waals surface area contributed by atoms with E-state index in [1.165, 1.54) is 10.5 Å². The Morgan fingerprint density at radius 2 is 1.71 bits per heavy atom. The number of likely N-dealkylation sites (tertiary alicyclic amines) is 1. The second-order valence-electron chi connectivity index (χ2n) is 6.31. The van der Waals surface area contributed by atoms with Crippen molar-refractivity contribution in [2.24, 2.45) is 11.8 Å². The van der Waals surface area contributed by atoms with Crippen LogP contribution in [0, 0.1) is 11.8 Å². The predicted octanol–water partition coefficient (Wildman–Crippen LogP) is 3.19. The summed E-state index contributed by atoms with van der Waals surface area (Å²) in [4.78, 5) is 31.0. The molecule has 2 aromatic rings. The molecule has 1 aromatic heterocycles. The second-order valence-corrected chi connectivity index (χ2v) is 7.26. The first kappa shape index (κ1) is 15.3. The fourth-order valence-electron chi connectivity index (χ4n) is 3.46. The number of rotatable bonds is 4. The number of carbonyl (C=O) groups is 2. The quantitative estimate of drug-likeness (QED) is 0.635. The van der Waals surface area contributed by atoms with Gasteiger partial charge in [0.05, 0.1) is 29.1 Å². The van der Waals surface area contributed by atoms with E-state index in [0.717, 1.165) is 17.1 Å². The van der Waals surface area contributed by atoms with Crippen LogP contribution in [0.4, 0.5) is 0 Å². The number of nitrogens with zero attached hydrogens (tertiary/aromatic N) is 2. The first-order valence-electron chi connectivity index (χ1n) is 8.20. The van der Waals surface area contributed by atoms with Crippen LogP contribution < -0.4 is 0 Å². The highest BCUT2D eigenvalue weighted by Gasteiger charge is 2.47. The van der Waals surface area contributed by atoms with Gasteiger partial charge in [0, 0.05) is 11.8 Å². The van der Waals surface area contributed by atoms with Crippen LogP contribution >= 0.6 is 11.3 Å². The Morgan fingerprint density at radius 3 is 2.38 bits per heavy atom. The highest BCUT2D eigenvalue weighted by molar-refractivity contribution is 7.09. The molecule has 1 aliphatic carbocycles. The molecule has 0 N–H and O–H groups in total. The van der Waals surface area contributed by atoms with Gasteiger partial charge in [0.1, 0.15) is 0 Å². The fourth-order valence-corrected chi connectivity index (χ4v) is 4.28. The van der Waals surface area contributed by atoms with E-state index >= 15 is 0 Å². The zero-order chi connectivity index (χ0) is 16.5. The molecule has 2 aliphatic rings. The van der Waals surface area contributed by atoms with E-state index in [0.29, 0.717) is 19.4 Å². The lowest BCUT2D eigenvalue weighted by atomic mass is 9.85. The molecule has 4 rings (SSSR count). The third kappa shape index (κ3) is 2.80. The third-order valence-corrected chi connectivity index (χ3v) is 5.61. The molecule has 2 heterocycles. The second kappa shape index (κ2) is 6.32. The van der Waals surface area contributed by atoms with Crippen molar-refractivity contribution in [3.05, 3.63) is 64.1 Å². The average molecular weight is 338 g/mol. The van der Waals surface area contributed by atoms with Crippen molar-refractivity contribution < 1.29 is 9.59 Å². The van der Waals surface area contributed by atoms with E-state index in [1.54, 1.807) is 11.3 Å². The summed E-state index contributed by atoms with van der Waals surface area (Å²) in [6, 6.07) is 10.2. The van der Waals surface area contributed by atoms with Crippen LogP contribution in [-0.4, -0.2) is 21.7 Å². The number of thiazole rings is 1. The summed E-state index contributed by atoms with van der Waals surface area (Å²) >= 11 is 1.58. The Morgan fingerprint density at radius 1 is 1.04 bits per heavy atom. The van der Waals surface area contributed by atoms with E-state index in [1.807, 2.05) is 35.7 Å². The fraction of sp³-hybridized carbons (Fsp3) is 0.316. The van der Waals surface area contributed by atoms with Crippen molar-refractivity contribution in [3.63, 3.8) is 0 Å². The predicted molar refractivity (Wildman–Crippen MR) is 92.3 cm³/mol. The van der Waals surface area contributed by atoms with Crippen molar-refractivity contribution in [1.29, 1.82) is 0 Å². The number of carbonyl (C=O) groups excluding carboxylic acids is 2. The molecule has 1 aliphatic heterocycles. The maximum absolute atomic E-state index is 12.5. The van der Waals surface area contributed by atoms with Gasteiger partial charge in [0.25, 0.3) is 0 Å². The van der Waals surface area contributed by atoms with Crippen molar-refractivity contribution in [2.75, 3.05) is 0 Å². The minimum absolute atomic E-state index is 0.0352. The van der Waals surface area contributed by atoms with Crippen LogP contribution in [0.2, 0.25) is 0 Å². The summed E-state index contributed by atoms with van der Waals surface area (Å²) in [5.41, 5.74) is 2.02. The third-order valence-electron chi connectivity index (χ3n) is 4.72. The van der Waals surface area contributed by atoms with E-state index < -0.39 is 0 Å². The Balaban J connectivity index is 1.46. The molecular weight excluding hydrogens is 320 g/mol. The van der Waals surface area contributed by atoms with Crippen LogP contribution in [0.15, 0.2) is 47.9 Å². The lowest BCUT2D eigenvalue weighted by Gasteiger charge is -2.14. The number of aromatic nitrogens is 1. The van der Waals surface area contributed by atoms with Crippen LogP contribution in [0.25, 0.3) is 0 Å². The molecule has 122 valence electrons. The molecule has 1 saturated heterocycles. The van der Waals surface area contributed by atoms with Crippen LogP contribution in [0.5, 0.6) is 0 Å². The van der Waals surface area contributed by atoms with E-state index in [9.17, 15) is 9.59 Å². The summed E-state index contributed by atoms with van der Waals surface area (Å²) in [5.74, 6) is -0.395. The summed E-state index contributed by atoms with van der Waals surface area (Å²) in [7, 11) is 0. The lowest BCUT2D eigenvalue weighted by Crippen LogP contribution is -2.30. The molecule has 0 radical (unpaired) electrons. The van der Waals surface area contributed by atoms with Gasteiger partial charge in [-0.1, -0.05) is 42.5 Å². The zero-order valence-corrected chi connectivity index (χ0v) is 14.0. The summed E-state index contributed by atoms with van der Waals surface area (Å²) < 4.78 is 0. The summed E-state index contributed by atoms with van der Waals surface area (Å²) in [5, 5.41) is 2.97. The number of hydrogen-bond donors (Lipinski definition) is 0. The van der Waals surface area contributed by atoms with Crippen molar-refractivity contribution in [2.45, 2.75) is 25.8 Å². The van der Waals surface area contributed by atoms with Gasteiger partial charge in [-0.2, -0.15) is 0 Å². The monoisotopic (exact) mass is 338 g/mol. The molecule has 0 spiro atoms. The van der Waals surface area contributed by atoms with Gasteiger partial charge >= 0.3 is 0 Å². The van der Waals surface area contributed by atoms with Gasteiger partial charge in [-0.05, 0) is 18.4 Å². The number of benzene rings is 1. The molecule has 1 fully saturated rings. The lowest BCUT2D eigenvalue weighted by molar-refractivity contribution is -0.140. The summed E-state index contributed by atoms with van der Waals surface area (Å²) in [6.45, 7) is 0.302. The van der Waals surface area contributed by atoms with E-state index in [2.05, 4.69) is 17.1 Å². The molecule has 5 heteroatoms. The smallest absolute Gasteiger partial charge is 0.233 e. The van der Waals surface area contributed by atoms with Gasteiger partial charge < -0.3 is 0 Å². The van der Waals surface area contributed by atoms with Gasteiger partial charge in [-0.3, -0.25) is 14.5 Å². The van der Waals surface area contributed by atoms with Gasteiger partial charge in [-0.15, -0.1) is 11.3 Å². The minimum Gasteiger partial charge on any atom is -0.276 e. The van der Waals surface area contributed by atoms with E-state index in [-0.39, 0.29) is 23.7 Å². The molecular formula is C19H18N2O2S. The average Bonchev–Trinajstić information content (AvgIpc) is 3.15. The Bertz CT molecular complexity index is 771. The summed E-state index contributed by atoms with van der Waals surface area (Å²) in [6.07, 6.45) is 6.17. The largest absolute Gasteiger partial charge is 0.276 e. The first-order chi connectivity index (χ1) is 11.7. The maximum atomic E-state index is 12.5. The highest BCUT2D eigenvalue weighted by Crippen LogP contribution is 2.35. The maximum Gasteiger partial charge on any atom is 0.233 e. The molecule has 4 nitrogen and oxygen atoms in total. The van der Waals surface area contributed by atoms with Crippen molar-refractivity contribution in [3.8, 4) is 0 Å². The molecule has 0 bridgehead atoms. The SMILES string of the molecule is O=C1C2CC=CCC2C(=O)N1Cc1csc(Cc2ccccc2)n1. The normalized spacial score (nSPS) is 22.9. The number of fused-ring (bicyclic) bond motifs is 1. The minimum atomic E-state index is -0.162. The van der Waals surface area contributed by atoms with Gasteiger partial charge in [-0.25, -0.2) is 4.98 Å². The molecule has 2 atom stereocenters. The first-order valence-corrected chi connectivity index (χ1v) is 9.08. The van der Waals surface area contributed by atoms with Crippen LogP contribution in [0.1, 0.15) is 29.1 Å². The molecule has 0 saturated carbocycles. The Labute approximate surface area is 144 Å². The van der Waals surface area contributed by atoms with Crippen molar-refractivity contribution >= 4 is 23.2 Å². The molecule has 24 heavy (non-hydrogen) atoms. The van der Waals surface area contributed by atoms with Crippen LogP contribution in [0.3, 0.4) is 0 Å². The Kier molecular flexibility index (Phi) is 4.02. The van der Waals surface area contributed by atoms with Gasteiger partial charge in [0.2, 0.25) is 11.8 Å². The van der Waals surface area contributed by atoms with E-state index in [4.69, 9.17) is 0 Å². The topological polar surface area (TPSA) is 50.3 Å². The number of allylic oxidation sites excluding steroid dienone is 2. The molecule has 2 amide bonds. The number of amides is 2.